The van der Waals surface area contributed by atoms with E-state index in [1.54, 1.807) is 13.4 Å². The number of ether oxygens (including phenoxy) is 1. The number of aromatic nitrogens is 2. The molecule has 4 rings (SSSR count). The molecule has 0 amide bonds. The lowest BCUT2D eigenvalue weighted by Gasteiger charge is -2.34. The first-order valence-corrected chi connectivity index (χ1v) is 9.16. The molecule has 1 aromatic heterocycles. The van der Waals surface area contributed by atoms with Crippen LogP contribution in [0.5, 0.6) is 5.75 Å². The van der Waals surface area contributed by atoms with Crippen molar-refractivity contribution in [1.29, 1.82) is 0 Å². The molecule has 26 heavy (non-hydrogen) atoms. The van der Waals surface area contributed by atoms with E-state index in [2.05, 4.69) is 26.3 Å². The van der Waals surface area contributed by atoms with E-state index in [1.165, 1.54) is 0 Å². The molecule has 2 heterocycles. The maximum absolute atomic E-state index is 6.08. The first-order valence-electron chi connectivity index (χ1n) is 8.79. The number of anilines is 2. The summed E-state index contributed by atoms with van der Waals surface area (Å²) in [5, 5.41) is 5.36. The second-order valence-electron chi connectivity index (χ2n) is 6.50. The minimum Gasteiger partial charge on any atom is -0.497 e. The summed E-state index contributed by atoms with van der Waals surface area (Å²) in [7, 11) is 1.69. The average Bonchev–Trinajstić information content (AvgIpc) is 2.68. The van der Waals surface area contributed by atoms with Crippen LogP contribution >= 0.6 is 11.6 Å². The second kappa shape index (κ2) is 7.38. The number of hydrogen-bond acceptors (Lipinski definition) is 5. The van der Waals surface area contributed by atoms with Crippen LogP contribution in [0.2, 0.25) is 5.02 Å². The van der Waals surface area contributed by atoms with E-state index in [-0.39, 0.29) is 0 Å². The number of piperidine rings is 1. The van der Waals surface area contributed by atoms with Gasteiger partial charge in [0.25, 0.3) is 0 Å². The monoisotopic (exact) mass is 368 g/mol. The fourth-order valence-electron chi connectivity index (χ4n) is 3.45. The smallest absolute Gasteiger partial charge is 0.139 e. The SMILES string of the molecule is COc1cccc(NC2CCN(c3ncnc4cc(Cl)ccc34)CC2)c1. The van der Waals surface area contributed by atoms with Crippen LogP contribution in [0.3, 0.4) is 0 Å². The molecule has 1 saturated heterocycles. The topological polar surface area (TPSA) is 50.3 Å². The number of benzene rings is 2. The molecule has 0 radical (unpaired) electrons. The van der Waals surface area contributed by atoms with Gasteiger partial charge in [-0.25, -0.2) is 9.97 Å². The van der Waals surface area contributed by atoms with E-state index < -0.39 is 0 Å². The maximum atomic E-state index is 6.08. The van der Waals surface area contributed by atoms with E-state index in [9.17, 15) is 0 Å². The molecule has 5 nitrogen and oxygen atoms in total. The van der Waals surface area contributed by atoms with Crippen molar-refractivity contribution < 1.29 is 4.74 Å². The van der Waals surface area contributed by atoms with Gasteiger partial charge in [0.15, 0.2) is 0 Å². The molecule has 1 N–H and O–H groups in total. The predicted octanol–water partition coefficient (Wildman–Crippen LogP) is 4.37. The average molecular weight is 369 g/mol. The van der Waals surface area contributed by atoms with Gasteiger partial charge < -0.3 is 15.0 Å². The first-order chi connectivity index (χ1) is 12.7. The fourth-order valence-corrected chi connectivity index (χ4v) is 3.62. The Bertz CT molecular complexity index is 909. The zero-order chi connectivity index (χ0) is 17.9. The van der Waals surface area contributed by atoms with Crippen LogP contribution in [0.15, 0.2) is 48.8 Å². The van der Waals surface area contributed by atoms with Crippen LogP contribution in [-0.2, 0) is 0 Å². The van der Waals surface area contributed by atoms with Gasteiger partial charge in [0, 0.05) is 41.3 Å². The van der Waals surface area contributed by atoms with E-state index in [1.807, 2.05) is 36.4 Å². The van der Waals surface area contributed by atoms with Gasteiger partial charge in [0.05, 0.1) is 12.6 Å². The number of nitrogens with zero attached hydrogens (tertiary/aromatic N) is 3. The van der Waals surface area contributed by atoms with E-state index >= 15 is 0 Å². The standard InChI is InChI=1S/C20H21ClN4O/c1-26-17-4-2-3-16(12-17)24-15-7-9-25(10-8-15)20-18-6-5-14(21)11-19(18)22-13-23-20/h2-6,11-13,15,24H,7-10H2,1H3. The molecule has 0 aliphatic carbocycles. The van der Waals surface area contributed by atoms with Crippen LogP contribution in [0, 0.1) is 0 Å². The van der Waals surface area contributed by atoms with Crippen molar-refractivity contribution in [3.05, 3.63) is 53.8 Å². The Morgan fingerprint density at radius 1 is 1.12 bits per heavy atom. The molecule has 0 spiro atoms. The third-order valence-corrected chi connectivity index (χ3v) is 5.05. The third-order valence-electron chi connectivity index (χ3n) is 4.81. The van der Waals surface area contributed by atoms with Crippen LogP contribution in [0.4, 0.5) is 11.5 Å². The van der Waals surface area contributed by atoms with Crippen LogP contribution in [-0.4, -0.2) is 36.2 Å². The molecule has 1 aliphatic rings. The third kappa shape index (κ3) is 3.53. The van der Waals surface area contributed by atoms with Crippen molar-refractivity contribution in [2.24, 2.45) is 0 Å². The summed E-state index contributed by atoms with van der Waals surface area (Å²) in [6.45, 7) is 1.91. The largest absolute Gasteiger partial charge is 0.497 e. The zero-order valence-corrected chi connectivity index (χ0v) is 15.4. The number of halogens is 1. The van der Waals surface area contributed by atoms with Crippen LogP contribution < -0.4 is 15.0 Å². The summed E-state index contributed by atoms with van der Waals surface area (Å²) < 4.78 is 5.30. The summed E-state index contributed by atoms with van der Waals surface area (Å²) in [4.78, 5) is 11.2. The van der Waals surface area contributed by atoms with Gasteiger partial charge in [0.1, 0.15) is 17.9 Å². The molecule has 6 heteroatoms. The molecular formula is C20H21ClN4O. The van der Waals surface area contributed by atoms with Gasteiger partial charge >= 0.3 is 0 Å². The van der Waals surface area contributed by atoms with Gasteiger partial charge in [-0.2, -0.15) is 0 Å². The Labute approximate surface area is 158 Å². The van der Waals surface area contributed by atoms with Gasteiger partial charge in [0.2, 0.25) is 0 Å². The molecule has 134 valence electrons. The number of nitrogens with one attached hydrogen (secondary N) is 1. The number of fused-ring (bicyclic) bond motifs is 1. The normalized spacial score (nSPS) is 15.2. The minimum atomic E-state index is 0.445. The predicted molar refractivity (Wildman–Crippen MR) is 106 cm³/mol. The van der Waals surface area contributed by atoms with E-state index in [0.717, 1.165) is 54.1 Å². The number of methoxy groups -OCH3 is 1. The Balaban J connectivity index is 1.45. The molecule has 3 aromatic rings. The Hall–Kier alpha value is -2.53. The van der Waals surface area contributed by atoms with Crippen molar-refractivity contribution in [3.8, 4) is 5.75 Å². The molecule has 0 saturated carbocycles. The van der Waals surface area contributed by atoms with Gasteiger partial charge in [-0.1, -0.05) is 17.7 Å². The molecule has 1 aliphatic heterocycles. The Morgan fingerprint density at radius 3 is 2.77 bits per heavy atom. The van der Waals surface area contributed by atoms with Gasteiger partial charge in [-0.05, 0) is 43.2 Å². The highest BCUT2D eigenvalue weighted by Crippen LogP contribution is 2.28. The summed E-state index contributed by atoms with van der Waals surface area (Å²) in [5.41, 5.74) is 1.99. The van der Waals surface area contributed by atoms with Crippen molar-refractivity contribution in [2.45, 2.75) is 18.9 Å². The number of rotatable bonds is 4. The van der Waals surface area contributed by atoms with Crippen molar-refractivity contribution in [3.63, 3.8) is 0 Å². The van der Waals surface area contributed by atoms with Crippen molar-refractivity contribution in [2.75, 3.05) is 30.4 Å². The molecular weight excluding hydrogens is 348 g/mol. The van der Waals surface area contributed by atoms with E-state index in [0.29, 0.717) is 11.1 Å². The highest BCUT2D eigenvalue weighted by Gasteiger charge is 2.21. The highest BCUT2D eigenvalue weighted by molar-refractivity contribution is 6.31. The lowest BCUT2D eigenvalue weighted by atomic mass is 10.0. The Morgan fingerprint density at radius 2 is 1.96 bits per heavy atom. The van der Waals surface area contributed by atoms with Crippen molar-refractivity contribution in [1.82, 2.24) is 9.97 Å². The summed E-state index contributed by atoms with van der Waals surface area (Å²) >= 11 is 6.08. The molecule has 1 fully saturated rings. The van der Waals surface area contributed by atoms with Gasteiger partial charge in [-0.15, -0.1) is 0 Å². The second-order valence-corrected chi connectivity index (χ2v) is 6.93. The lowest BCUT2D eigenvalue weighted by molar-refractivity contribution is 0.415. The van der Waals surface area contributed by atoms with E-state index in [4.69, 9.17) is 16.3 Å². The summed E-state index contributed by atoms with van der Waals surface area (Å²) in [5.74, 6) is 1.87. The van der Waals surface area contributed by atoms with Gasteiger partial charge in [-0.3, -0.25) is 0 Å². The molecule has 0 bridgehead atoms. The number of hydrogen-bond donors (Lipinski definition) is 1. The first kappa shape index (κ1) is 16.9. The molecule has 0 atom stereocenters. The maximum Gasteiger partial charge on any atom is 0.139 e. The highest BCUT2D eigenvalue weighted by atomic mass is 35.5. The molecule has 2 aromatic carbocycles. The quantitative estimate of drug-likeness (QED) is 0.740. The minimum absolute atomic E-state index is 0.445. The summed E-state index contributed by atoms with van der Waals surface area (Å²) in [6.07, 6.45) is 3.72. The van der Waals surface area contributed by atoms with Crippen LogP contribution in [0.1, 0.15) is 12.8 Å². The van der Waals surface area contributed by atoms with Crippen LogP contribution in [0.25, 0.3) is 10.9 Å². The summed E-state index contributed by atoms with van der Waals surface area (Å²) in [6, 6.07) is 14.3. The van der Waals surface area contributed by atoms with Crippen molar-refractivity contribution >= 4 is 34.0 Å². The molecule has 0 unspecified atom stereocenters. The zero-order valence-electron chi connectivity index (χ0n) is 14.7. The fraction of sp³-hybridized carbons (Fsp3) is 0.300. The Kier molecular flexibility index (Phi) is 4.80. The lowest BCUT2D eigenvalue weighted by Crippen LogP contribution is -2.39.